The van der Waals surface area contributed by atoms with Crippen molar-refractivity contribution in [1.82, 2.24) is 15.1 Å². The van der Waals surface area contributed by atoms with Crippen LogP contribution in [0.25, 0.3) is 0 Å². The molecule has 1 heterocycles. The van der Waals surface area contributed by atoms with Gasteiger partial charge < -0.3 is 10.4 Å². The molecule has 0 saturated carbocycles. The normalized spacial score (nSPS) is 12.8. The Labute approximate surface area is 76.4 Å². The summed E-state index contributed by atoms with van der Waals surface area (Å²) in [6.45, 7) is 2.48. The van der Waals surface area contributed by atoms with Crippen LogP contribution in [0, 0.1) is 0 Å². The van der Waals surface area contributed by atoms with Gasteiger partial charge in [0.1, 0.15) is 6.04 Å². The molecule has 0 spiro atoms. The van der Waals surface area contributed by atoms with E-state index in [9.17, 15) is 4.79 Å². The molecule has 0 amide bonds. The topological polar surface area (TPSA) is 67.2 Å². The van der Waals surface area contributed by atoms with Crippen molar-refractivity contribution in [3.05, 3.63) is 18.0 Å². The van der Waals surface area contributed by atoms with E-state index in [1.54, 1.807) is 24.1 Å². The maximum absolute atomic E-state index is 10.8. The van der Waals surface area contributed by atoms with E-state index in [2.05, 4.69) is 10.4 Å². The minimum absolute atomic E-state index is 0.617. The summed E-state index contributed by atoms with van der Waals surface area (Å²) < 4.78 is 1.59. The first kappa shape index (κ1) is 9.73. The first-order valence-electron chi connectivity index (χ1n) is 4.10. The summed E-state index contributed by atoms with van der Waals surface area (Å²) in [4.78, 5) is 10.8. The summed E-state index contributed by atoms with van der Waals surface area (Å²) in [5.74, 6) is -0.880. The number of hydrogen-bond donors (Lipinski definition) is 2. The fourth-order valence-electron chi connectivity index (χ4n) is 1.14. The molecule has 72 valence electrons. The monoisotopic (exact) mass is 183 g/mol. The second kappa shape index (κ2) is 4.04. The van der Waals surface area contributed by atoms with Gasteiger partial charge in [-0.2, -0.15) is 5.10 Å². The molecule has 0 bridgehead atoms. The highest BCUT2D eigenvalue weighted by Gasteiger charge is 2.19. The van der Waals surface area contributed by atoms with E-state index in [4.69, 9.17) is 5.11 Å². The molecule has 1 aromatic rings. The predicted octanol–water partition coefficient (Wildman–Crippen LogP) is 0.155. The zero-order chi connectivity index (χ0) is 9.84. The van der Waals surface area contributed by atoms with Crippen molar-refractivity contribution >= 4 is 5.97 Å². The molecule has 13 heavy (non-hydrogen) atoms. The third-order valence-electron chi connectivity index (χ3n) is 1.71. The number of nitrogens with zero attached hydrogens (tertiary/aromatic N) is 2. The predicted molar refractivity (Wildman–Crippen MR) is 47.3 cm³/mol. The lowest BCUT2D eigenvalue weighted by Gasteiger charge is -2.09. The third-order valence-corrected chi connectivity index (χ3v) is 1.71. The van der Waals surface area contributed by atoms with Gasteiger partial charge in [-0.05, 0) is 6.54 Å². The standard InChI is InChI=1S/C8H13N3O2/c1-3-9-7(8(12)13)6-4-10-11(2)5-6/h4-5,7,9H,3H2,1-2H3,(H,12,13)/t7-/m1/s1. The number of likely N-dealkylation sites (N-methyl/N-ethyl adjacent to an activating group) is 1. The fraction of sp³-hybridized carbons (Fsp3) is 0.500. The second-order valence-corrected chi connectivity index (χ2v) is 2.78. The molecule has 5 heteroatoms. The zero-order valence-electron chi connectivity index (χ0n) is 7.69. The van der Waals surface area contributed by atoms with Crippen LogP contribution < -0.4 is 5.32 Å². The van der Waals surface area contributed by atoms with Crippen LogP contribution in [-0.4, -0.2) is 27.4 Å². The lowest BCUT2D eigenvalue weighted by atomic mass is 10.1. The molecule has 0 radical (unpaired) electrons. The van der Waals surface area contributed by atoms with Crippen molar-refractivity contribution in [2.75, 3.05) is 6.54 Å². The largest absolute Gasteiger partial charge is 0.480 e. The average molecular weight is 183 g/mol. The number of hydrogen-bond acceptors (Lipinski definition) is 3. The Hall–Kier alpha value is -1.36. The molecule has 2 N–H and O–H groups in total. The number of carbonyl (C=O) groups is 1. The van der Waals surface area contributed by atoms with Crippen LogP contribution >= 0.6 is 0 Å². The smallest absolute Gasteiger partial charge is 0.325 e. The van der Waals surface area contributed by atoms with Gasteiger partial charge in [0, 0.05) is 18.8 Å². The maximum Gasteiger partial charge on any atom is 0.325 e. The van der Waals surface area contributed by atoms with E-state index in [0.717, 1.165) is 0 Å². The van der Waals surface area contributed by atoms with E-state index in [1.165, 1.54) is 0 Å². The zero-order valence-corrected chi connectivity index (χ0v) is 7.69. The Kier molecular flexibility index (Phi) is 3.02. The summed E-state index contributed by atoms with van der Waals surface area (Å²) in [6.07, 6.45) is 3.25. The van der Waals surface area contributed by atoms with Gasteiger partial charge in [-0.25, -0.2) is 0 Å². The molecule has 0 aliphatic heterocycles. The number of aromatic nitrogens is 2. The first-order chi connectivity index (χ1) is 6.15. The molecule has 1 aromatic heterocycles. The van der Waals surface area contributed by atoms with E-state index in [-0.39, 0.29) is 0 Å². The van der Waals surface area contributed by atoms with Gasteiger partial charge in [0.25, 0.3) is 0 Å². The number of aliphatic carboxylic acids is 1. The van der Waals surface area contributed by atoms with Crippen molar-refractivity contribution in [3.63, 3.8) is 0 Å². The summed E-state index contributed by atoms with van der Waals surface area (Å²) in [5.41, 5.74) is 0.678. The van der Waals surface area contributed by atoms with Crippen molar-refractivity contribution in [2.45, 2.75) is 13.0 Å². The molecular weight excluding hydrogens is 170 g/mol. The highest BCUT2D eigenvalue weighted by molar-refractivity contribution is 5.75. The molecule has 5 nitrogen and oxygen atoms in total. The Morgan fingerprint density at radius 1 is 1.85 bits per heavy atom. The summed E-state index contributed by atoms with van der Waals surface area (Å²) >= 11 is 0. The molecular formula is C8H13N3O2. The Balaban J connectivity index is 2.81. The lowest BCUT2D eigenvalue weighted by molar-refractivity contribution is -0.139. The Morgan fingerprint density at radius 2 is 2.54 bits per heavy atom. The van der Waals surface area contributed by atoms with Crippen LogP contribution in [0.3, 0.4) is 0 Å². The van der Waals surface area contributed by atoms with E-state index in [0.29, 0.717) is 12.1 Å². The SMILES string of the molecule is CCN[C@@H](C(=O)O)c1cnn(C)c1. The van der Waals surface area contributed by atoms with Crippen LogP contribution in [0.2, 0.25) is 0 Å². The van der Waals surface area contributed by atoms with Crippen LogP contribution in [0.4, 0.5) is 0 Å². The molecule has 0 unspecified atom stereocenters. The van der Waals surface area contributed by atoms with Gasteiger partial charge >= 0.3 is 5.97 Å². The van der Waals surface area contributed by atoms with E-state index < -0.39 is 12.0 Å². The van der Waals surface area contributed by atoms with Gasteiger partial charge in [-0.3, -0.25) is 9.48 Å². The second-order valence-electron chi connectivity index (χ2n) is 2.78. The summed E-state index contributed by atoms with van der Waals surface area (Å²) in [5, 5.41) is 15.6. The van der Waals surface area contributed by atoms with Gasteiger partial charge in [-0.15, -0.1) is 0 Å². The fourth-order valence-corrected chi connectivity index (χ4v) is 1.14. The minimum Gasteiger partial charge on any atom is -0.480 e. The van der Waals surface area contributed by atoms with Crippen LogP contribution in [-0.2, 0) is 11.8 Å². The van der Waals surface area contributed by atoms with Gasteiger partial charge in [-0.1, -0.05) is 6.92 Å². The van der Waals surface area contributed by atoms with Gasteiger partial charge in [0.05, 0.1) is 6.20 Å². The number of carboxylic acid groups (broad SMARTS) is 1. The number of nitrogens with one attached hydrogen (secondary N) is 1. The molecule has 0 saturated heterocycles. The van der Waals surface area contributed by atoms with Gasteiger partial charge in [0.2, 0.25) is 0 Å². The first-order valence-corrected chi connectivity index (χ1v) is 4.10. The van der Waals surface area contributed by atoms with Crippen molar-refractivity contribution < 1.29 is 9.90 Å². The van der Waals surface area contributed by atoms with Crippen LogP contribution in [0.15, 0.2) is 12.4 Å². The number of aryl methyl sites for hydroxylation is 1. The average Bonchev–Trinajstić information content (AvgIpc) is 2.46. The lowest BCUT2D eigenvalue weighted by Crippen LogP contribution is -2.27. The molecule has 0 fully saturated rings. The molecule has 0 aliphatic carbocycles. The number of carboxylic acids is 1. The molecule has 1 atom stereocenters. The summed E-state index contributed by atoms with van der Waals surface area (Å²) in [7, 11) is 1.76. The van der Waals surface area contributed by atoms with Crippen molar-refractivity contribution in [1.29, 1.82) is 0 Å². The molecule has 1 rings (SSSR count). The Bertz CT molecular complexity index is 295. The molecule has 0 aromatic carbocycles. The minimum atomic E-state index is -0.880. The summed E-state index contributed by atoms with van der Waals surface area (Å²) in [6, 6.07) is -0.654. The van der Waals surface area contributed by atoms with Gasteiger partial charge in [0.15, 0.2) is 0 Å². The van der Waals surface area contributed by atoms with E-state index in [1.807, 2.05) is 6.92 Å². The van der Waals surface area contributed by atoms with E-state index >= 15 is 0 Å². The highest BCUT2D eigenvalue weighted by atomic mass is 16.4. The highest BCUT2D eigenvalue weighted by Crippen LogP contribution is 2.10. The van der Waals surface area contributed by atoms with Crippen molar-refractivity contribution in [3.8, 4) is 0 Å². The van der Waals surface area contributed by atoms with Crippen LogP contribution in [0.1, 0.15) is 18.5 Å². The Morgan fingerprint density at radius 3 is 2.92 bits per heavy atom. The molecule has 0 aliphatic rings. The quantitative estimate of drug-likeness (QED) is 0.697. The van der Waals surface area contributed by atoms with Crippen molar-refractivity contribution in [2.24, 2.45) is 7.05 Å². The number of rotatable bonds is 4. The van der Waals surface area contributed by atoms with Crippen LogP contribution in [0.5, 0.6) is 0 Å². The maximum atomic E-state index is 10.8. The third kappa shape index (κ3) is 2.29.